The van der Waals surface area contributed by atoms with Crippen molar-refractivity contribution in [3.8, 4) is 5.75 Å². The molecule has 1 N–H and O–H groups in total. The van der Waals surface area contributed by atoms with Crippen LogP contribution in [0.1, 0.15) is 12.5 Å². The second-order valence-electron chi connectivity index (χ2n) is 5.54. The molecule has 144 valence electrons. The Morgan fingerprint density at radius 2 is 1.81 bits per heavy atom. The van der Waals surface area contributed by atoms with Crippen LogP contribution in [-0.4, -0.2) is 39.9 Å². The first-order valence-electron chi connectivity index (χ1n) is 8.07. The Balaban J connectivity index is 2.00. The number of halogens is 1. The predicted molar refractivity (Wildman–Crippen MR) is 115 cm³/mol. The maximum absolute atomic E-state index is 12.1. The lowest BCUT2D eigenvalue weighted by atomic mass is 10.2. The molecule has 0 heterocycles. The molecular weight excluding hydrogens is 481 g/mol. The number of sulfonamides is 1. The first-order chi connectivity index (χ1) is 12.8. The van der Waals surface area contributed by atoms with Crippen molar-refractivity contribution in [2.75, 3.05) is 23.7 Å². The van der Waals surface area contributed by atoms with Gasteiger partial charge in [0, 0.05) is 3.57 Å². The first kappa shape index (κ1) is 21.2. The highest BCUT2D eigenvalue weighted by Gasteiger charge is 2.20. The van der Waals surface area contributed by atoms with Crippen LogP contribution < -0.4 is 14.5 Å². The van der Waals surface area contributed by atoms with Crippen LogP contribution in [0.15, 0.2) is 53.6 Å². The molecule has 0 fully saturated rings. The number of carbonyl (C=O) groups is 1. The van der Waals surface area contributed by atoms with Gasteiger partial charge in [-0.15, -0.1) is 0 Å². The Kier molecular flexibility index (Phi) is 7.60. The normalized spacial score (nSPS) is 11.4. The highest BCUT2D eigenvalue weighted by Crippen LogP contribution is 2.18. The molecule has 7 nitrogen and oxygen atoms in total. The number of ether oxygens (including phenoxy) is 1. The quantitative estimate of drug-likeness (QED) is 0.342. The third-order valence-corrected chi connectivity index (χ3v) is 5.26. The van der Waals surface area contributed by atoms with Gasteiger partial charge >= 0.3 is 0 Å². The molecule has 0 aliphatic rings. The maximum atomic E-state index is 12.1. The number of anilines is 1. The SMILES string of the molecule is CCOc1ccc(/C=N\NC(=O)CN(c2ccc(I)cc2)S(C)(=O)=O)cc1. The number of hydrogen-bond acceptors (Lipinski definition) is 5. The van der Waals surface area contributed by atoms with E-state index in [-0.39, 0.29) is 6.54 Å². The van der Waals surface area contributed by atoms with E-state index >= 15 is 0 Å². The number of nitrogens with zero attached hydrogens (tertiary/aromatic N) is 2. The minimum absolute atomic E-state index is 0.361. The average molecular weight is 501 g/mol. The van der Waals surface area contributed by atoms with Crippen LogP contribution in [0.2, 0.25) is 0 Å². The van der Waals surface area contributed by atoms with Crippen LogP contribution >= 0.6 is 22.6 Å². The van der Waals surface area contributed by atoms with Gasteiger partial charge in [-0.2, -0.15) is 5.10 Å². The molecule has 0 radical (unpaired) electrons. The lowest BCUT2D eigenvalue weighted by Gasteiger charge is -2.21. The molecule has 9 heteroatoms. The van der Waals surface area contributed by atoms with Crippen molar-refractivity contribution in [3.63, 3.8) is 0 Å². The Hall–Kier alpha value is -2.14. The van der Waals surface area contributed by atoms with E-state index in [4.69, 9.17) is 4.74 Å². The van der Waals surface area contributed by atoms with Gasteiger partial charge in [0.15, 0.2) is 0 Å². The summed E-state index contributed by atoms with van der Waals surface area (Å²) >= 11 is 2.12. The summed E-state index contributed by atoms with van der Waals surface area (Å²) in [6, 6.07) is 14.1. The predicted octanol–water partition coefficient (Wildman–Crippen LogP) is 2.61. The summed E-state index contributed by atoms with van der Waals surface area (Å²) < 4.78 is 31.4. The minimum atomic E-state index is -3.61. The van der Waals surface area contributed by atoms with E-state index in [2.05, 4.69) is 33.1 Å². The highest BCUT2D eigenvalue weighted by molar-refractivity contribution is 14.1. The second kappa shape index (κ2) is 9.70. The smallest absolute Gasteiger partial charge is 0.260 e. The summed E-state index contributed by atoms with van der Waals surface area (Å²) in [5, 5.41) is 3.87. The summed E-state index contributed by atoms with van der Waals surface area (Å²) in [7, 11) is -3.61. The Morgan fingerprint density at radius 3 is 2.37 bits per heavy atom. The van der Waals surface area contributed by atoms with Crippen molar-refractivity contribution in [2.45, 2.75) is 6.92 Å². The second-order valence-corrected chi connectivity index (χ2v) is 8.69. The van der Waals surface area contributed by atoms with Crippen molar-refractivity contribution in [1.29, 1.82) is 0 Å². The van der Waals surface area contributed by atoms with E-state index in [9.17, 15) is 13.2 Å². The third-order valence-electron chi connectivity index (χ3n) is 3.40. The summed E-state index contributed by atoms with van der Waals surface area (Å²) in [5.74, 6) is 0.209. The molecule has 0 bridgehead atoms. The van der Waals surface area contributed by atoms with Crippen molar-refractivity contribution in [3.05, 3.63) is 57.7 Å². The fraction of sp³-hybridized carbons (Fsp3) is 0.222. The van der Waals surface area contributed by atoms with Crippen molar-refractivity contribution in [1.82, 2.24) is 5.43 Å². The molecule has 0 atom stereocenters. The number of nitrogens with one attached hydrogen (secondary N) is 1. The molecule has 2 aromatic rings. The van der Waals surface area contributed by atoms with E-state index in [1.807, 2.05) is 6.92 Å². The summed E-state index contributed by atoms with van der Waals surface area (Å²) in [6.45, 7) is 2.13. The van der Waals surface area contributed by atoms with Crippen molar-refractivity contribution < 1.29 is 17.9 Å². The molecule has 0 unspecified atom stereocenters. The first-order valence-corrected chi connectivity index (χ1v) is 11.0. The number of rotatable bonds is 8. The zero-order valence-electron chi connectivity index (χ0n) is 14.9. The molecule has 0 aliphatic heterocycles. The van der Waals surface area contributed by atoms with Crippen molar-refractivity contribution in [2.24, 2.45) is 5.10 Å². The monoisotopic (exact) mass is 501 g/mol. The van der Waals surface area contributed by atoms with Crippen LogP contribution in [0.25, 0.3) is 0 Å². The molecular formula is C18H20IN3O4S. The van der Waals surface area contributed by atoms with Crippen LogP contribution in [-0.2, 0) is 14.8 Å². The highest BCUT2D eigenvalue weighted by atomic mass is 127. The van der Waals surface area contributed by atoms with Crippen LogP contribution in [0, 0.1) is 3.57 Å². The largest absolute Gasteiger partial charge is 0.494 e. The number of amides is 1. The molecule has 27 heavy (non-hydrogen) atoms. The molecule has 1 amide bonds. The topological polar surface area (TPSA) is 88.1 Å². The van der Waals surface area contributed by atoms with Gasteiger partial charge in [0.25, 0.3) is 5.91 Å². The third kappa shape index (κ3) is 6.83. The van der Waals surface area contributed by atoms with Crippen LogP contribution in [0.4, 0.5) is 5.69 Å². The maximum Gasteiger partial charge on any atom is 0.260 e. The van der Waals surface area contributed by atoms with Gasteiger partial charge in [0.05, 0.1) is 24.8 Å². The van der Waals surface area contributed by atoms with Gasteiger partial charge in [0.1, 0.15) is 12.3 Å². The number of carbonyl (C=O) groups excluding carboxylic acids is 1. The summed E-state index contributed by atoms with van der Waals surface area (Å²) in [6.07, 6.45) is 2.53. The Morgan fingerprint density at radius 1 is 1.19 bits per heavy atom. The Labute approximate surface area is 172 Å². The van der Waals surface area contributed by atoms with Crippen LogP contribution in [0.5, 0.6) is 5.75 Å². The lowest BCUT2D eigenvalue weighted by Crippen LogP contribution is -2.39. The number of benzene rings is 2. The van der Waals surface area contributed by atoms with E-state index < -0.39 is 15.9 Å². The number of hydrogen-bond donors (Lipinski definition) is 1. The van der Waals surface area contributed by atoms with E-state index in [1.165, 1.54) is 6.21 Å². The van der Waals surface area contributed by atoms with Crippen LogP contribution in [0.3, 0.4) is 0 Å². The van der Waals surface area contributed by atoms with Gasteiger partial charge in [-0.1, -0.05) is 0 Å². The fourth-order valence-electron chi connectivity index (χ4n) is 2.17. The lowest BCUT2D eigenvalue weighted by molar-refractivity contribution is -0.119. The molecule has 2 aromatic carbocycles. The fourth-order valence-corrected chi connectivity index (χ4v) is 3.38. The van der Waals surface area contributed by atoms with E-state index in [0.29, 0.717) is 12.3 Å². The minimum Gasteiger partial charge on any atom is -0.494 e. The molecule has 0 aliphatic carbocycles. The molecule has 0 saturated carbocycles. The molecule has 0 saturated heterocycles. The van der Waals surface area contributed by atoms with Crippen molar-refractivity contribution >= 4 is 50.4 Å². The zero-order valence-corrected chi connectivity index (χ0v) is 17.9. The Bertz CT molecular complexity index is 897. The van der Waals surface area contributed by atoms with Gasteiger partial charge in [0.2, 0.25) is 10.0 Å². The standard InChI is InChI=1S/C18H20IN3O4S/c1-3-26-17-10-4-14(5-11-17)12-20-21-18(23)13-22(27(2,24)25)16-8-6-15(19)7-9-16/h4-12H,3,13H2,1-2H3,(H,21,23)/b20-12-. The zero-order chi connectivity index (χ0) is 19.9. The van der Waals surface area contributed by atoms with Gasteiger partial charge in [-0.3, -0.25) is 9.10 Å². The summed E-state index contributed by atoms with van der Waals surface area (Å²) in [4.78, 5) is 12.1. The average Bonchev–Trinajstić information content (AvgIpc) is 2.61. The molecule has 0 spiro atoms. The van der Waals surface area contributed by atoms with Gasteiger partial charge in [-0.05, 0) is 83.6 Å². The molecule has 2 rings (SSSR count). The van der Waals surface area contributed by atoms with Gasteiger partial charge < -0.3 is 4.74 Å². The summed E-state index contributed by atoms with van der Waals surface area (Å²) in [5.41, 5.74) is 3.54. The van der Waals surface area contributed by atoms with E-state index in [1.54, 1.807) is 48.5 Å². The molecule has 0 aromatic heterocycles. The van der Waals surface area contributed by atoms with Gasteiger partial charge in [-0.25, -0.2) is 13.8 Å². The van der Waals surface area contributed by atoms with E-state index in [0.717, 1.165) is 25.4 Å². The number of hydrazone groups is 1.